The Labute approximate surface area is 128 Å². The molecule has 1 aromatic carbocycles. The number of esters is 3. The number of ether oxygens (including phenoxy) is 3. The predicted molar refractivity (Wildman–Crippen MR) is 78.5 cm³/mol. The summed E-state index contributed by atoms with van der Waals surface area (Å²) in [6.07, 6.45) is 2.19. The number of carbonyl (C=O) groups excluding carboxylic acids is 3. The lowest BCUT2D eigenvalue weighted by atomic mass is 10.1. The molecular weight excluding hydrogens is 288 g/mol. The van der Waals surface area contributed by atoms with E-state index in [4.69, 9.17) is 9.47 Å². The van der Waals surface area contributed by atoms with Gasteiger partial charge in [-0.05, 0) is 25.0 Å². The van der Waals surface area contributed by atoms with E-state index in [1.54, 1.807) is 12.1 Å². The van der Waals surface area contributed by atoms with Gasteiger partial charge in [-0.25, -0.2) is 14.4 Å². The summed E-state index contributed by atoms with van der Waals surface area (Å²) in [7, 11) is 1.25. The number of methoxy groups -OCH3 is 1. The second-order valence-corrected chi connectivity index (χ2v) is 4.25. The number of carbonyl (C=O) groups is 3. The number of hydrogen-bond donors (Lipinski definition) is 0. The monoisotopic (exact) mass is 306 g/mol. The van der Waals surface area contributed by atoms with Crippen molar-refractivity contribution in [3.05, 3.63) is 48.0 Å². The quantitative estimate of drug-likeness (QED) is 0.317. The highest BCUT2D eigenvalue weighted by atomic mass is 16.5. The molecule has 0 saturated carbocycles. The normalized spacial score (nSPS) is 9.68. The van der Waals surface area contributed by atoms with Crippen molar-refractivity contribution in [3.63, 3.8) is 0 Å². The van der Waals surface area contributed by atoms with E-state index in [-0.39, 0.29) is 24.3 Å². The molecule has 0 amide bonds. The third kappa shape index (κ3) is 5.40. The summed E-state index contributed by atoms with van der Waals surface area (Å²) >= 11 is 0. The number of rotatable bonds is 8. The van der Waals surface area contributed by atoms with Crippen LogP contribution < -0.4 is 0 Å². The van der Waals surface area contributed by atoms with E-state index in [1.807, 2.05) is 0 Å². The maximum absolute atomic E-state index is 11.9. The zero-order valence-corrected chi connectivity index (χ0v) is 12.4. The highest BCUT2D eigenvalue weighted by Gasteiger charge is 2.17. The Morgan fingerprint density at radius 3 is 2.09 bits per heavy atom. The van der Waals surface area contributed by atoms with E-state index >= 15 is 0 Å². The second kappa shape index (κ2) is 9.33. The van der Waals surface area contributed by atoms with Crippen LogP contribution in [0, 0.1) is 0 Å². The third-order valence-corrected chi connectivity index (χ3v) is 2.74. The molecule has 0 aliphatic carbocycles. The van der Waals surface area contributed by atoms with Crippen LogP contribution in [0.2, 0.25) is 0 Å². The van der Waals surface area contributed by atoms with Crippen molar-refractivity contribution in [2.45, 2.75) is 12.8 Å². The minimum Gasteiger partial charge on any atom is -0.465 e. The van der Waals surface area contributed by atoms with Gasteiger partial charge >= 0.3 is 17.9 Å². The fraction of sp³-hybridized carbons (Fsp3) is 0.312. The summed E-state index contributed by atoms with van der Waals surface area (Å²) in [4.78, 5) is 34.3. The average molecular weight is 306 g/mol. The van der Waals surface area contributed by atoms with E-state index in [1.165, 1.54) is 19.2 Å². The van der Waals surface area contributed by atoms with E-state index in [2.05, 4.69) is 11.3 Å². The van der Waals surface area contributed by atoms with Crippen LogP contribution >= 0.6 is 0 Å². The van der Waals surface area contributed by atoms with Crippen molar-refractivity contribution in [3.8, 4) is 0 Å². The summed E-state index contributed by atoms with van der Waals surface area (Å²) in [5.41, 5.74) is 0.322. The highest BCUT2D eigenvalue weighted by molar-refractivity contribution is 6.03. The Hall–Kier alpha value is -2.63. The topological polar surface area (TPSA) is 78.9 Å². The molecule has 0 fully saturated rings. The molecule has 0 heterocycles. The van der Waals surface area contributed by atoms with Crippen LogP contribution in [-0.4, -0.2) is 38.2 Å². The van der Waals surface area contributed by atoms with Crippen molar-refractivity contribution in [1.82, 2.24) is 0 Å². The minimum absolute atomic E-state index is 0.160. The van der Waals surface area contributed by atoms with Crippen molar-refractivity contribution in [1.29, 1.82) is 0 Å². The molecule has 6 nitrogen and oxygen atoms in total. The lowest BCUT2D eigenvalue weighted by molar-refractivity contribution is -0.137. The number of benzene rings is 1. The standard InChI is InChI=1S/C16H18O6/c1-3-14(17)21-10-6-7-11-22-16(19)13-9-5-4-8-12(13)15(18)20-2/h3-5,8-9H,1,6-7,10-11H2,2H3. The van der Waals surface area contributed by atoms with E-state index in [0.29, 0.717) is 12.8 Å². The first-order valence-corrected chi connectivity index (χ1v) is 6.73. The molecule has 0 saturated heterocycles. The molecule has 6 heteroatoms. The van der Waals surface area contributed by atoms with Crippen molar-refractivity contribution in [2.24, 2.45) is 0 Å². The summed E-state index contributed by atoms with van der Waals surface area (Å²) in [5.74, 6) is -1.67. The SMILES string of the molecule is C=CC(=O)OCCCCOC(=O)c1ccccc1C(=O)OC. The van der Waals surface area contributed by atoms with Crippen molar-refractivity contribution >= 4 is 17.9 Å². The zero-order valence-electron chi connectivity index (χ0n) is 12.4. The van der Waals surface area contributed by atoms with Gasteiger partial charge in [-0.1, -0.05) is 18.7 Å². The molecule has 0 unspecified atom stereocenters. The first-order chi connectivity index (χ1) is 10.6. The molecule has 0 aliphatic rings. The van der Waals surface area contributed by atoms with Gasteiger partial charge in [0.2, 0.25) is 0 Å². The van der Waals surface area contributed by atoms with Gasteiger partial charge in [-0.15, -0.1) is 0 Å². The lowest BCUT2D eigenvalue weighted by Crippen LogP contribution is -2.13. The molecular formula is C16H18O6. The van der Waals surface area contributed by atoms with Crippen LogP contribution in [0.25, 0.3) is 0 Å². The van der Waals surface area contributed by atoms with Crippen LogP contribution in [0.1, 0.15) is 33.6 Å². The van der Waals surface area contributed by atoms with Crippen LogP contribution in [-0.2, 0) is 19.0 Å². The van der Waals surface area contributed by atoms with Crippen LogP contribution in [0.4, 0.5) is 0 Å². The summed E-state index contributed by atoms with van der Waals surface area (Å²) in [6, 6.07) is 6.27. The molecule has 0 aliphatic heterocycles. The Kier molecular flexibility index (Phi) is 7.39. The van der Waals surface area contributed by atoms with Crippen LogP contribution in [0.3, 0.4) is 0 Å². The number of hydrogen-bond acceptors (Lipinski definition) is 6. The average Bonchev–Trinajstić information content (AvgIpc) is 2.56. The minimum atomic E-state index is -0.594. The molecule has 0 aromatic heterocycles. The Balaban J connectivity index is 2.42. The first-order valence-electron chi connectivity index (χ1n) is 6.73. The fourth-order valence-corrected chi connectivity index (χ4v) is 1.63. The fourth-order valence-electron chi connectivity index (χ4n) is 1.63. The van der Waals surface area contributed by atoms with Gasteiger partial charge in [0.05, 0.1) is 31.5 Å². The molecule has 0 N–H and O–H groups in total. The highest BCUT2D eigenvalue weighted by Crippen LogP contribution is 2.12. The van der Waals surface area contributed by atoms with Crippen LogP contribution in [0.15, 0.2) is 36.9 Å². The Morgan fingerprint density at radius 1 is 1.00 bits per heavy atom. The molecule has 0 bridgehead atoms. The maximum atomic E-state index is 11.9. The Morgan fingerprint density at radius 2 is 1.55 bits per heavy atom. The van der Waals surface area contributed by atoms with Crippen LogP contribution in [0.5, 0.6) is 0 Å². The van der Waals surface area contributed by atoms with E-state index < -0.39 is 17.9 Å². The molecule has 118 valence electrons. The Bertz CT molecular complexity index is 549. The van der Waals surface area contributed by atoms with Gasteiger partial charge in [0.15, 0.2) is 0 Å². The van der Waals surface area contributed by atoms with Gasteiger partial charge in [0.25, 0.3) is 0 Å². The summed E-state index contributed by atoms with van der Waals surface area (Å²) in [6.45, 7) is 3.68. The third-order valence-electron chi connectivity index (χ3n) is 2.74. The van der Waals surface area contributed by atoms with Gasteiger partial charge in [-0.2, -0.15) is 0 Å². The van der Waals surface area contributed by atoms with Gasteiger partial charge in [0.1, 0.15) is 0 Å². The van der Waals surface area contributed by atoms with Gasteiger partial charge in [-0.3, -0.25) is 0 Å². The zero-order chi connectivity index (χ0) is 16.4. The van der Waals surface area contributed by atoms with Gasteiger partial charge in [0, 0.05) is 6.08 Å². The first kappa shape index (κ1) is 17.4. The molecule has 1 aromatic rings. The smallest absolute Gasteiger partial charge is 0.339 e. The van der Waals surface area contributed by atoms with Gasteiger partial charge < -0.3 is 14.2 Å². The van der Waals surface area contributed by atoms with Crippen molar-refractivity contribution < 1.29 is 28.6 Å². The maximum Gasteiger partial charge on any atom is 0.339 e. The largest absolute Gasteiger partial charge is 0.465 e. The van der Waals surface area contributed by atoms with E-state index in [9.17, 15) is 14.4 Å². The molecule has 0 spiro atoms. The second-order valence-electron chi connectivity index (χ2n) is 4.25. The summed E-state index contributed by atoms with van der Waals surface area (Å²) < 4.78 is 14.5. The predicted octanol–water partition coefficient (Wildman–Crippen LogP) is 2.14. The summed E-state index contributed by atoms with van der Waals surface area (Å²) in [5, 5.41) is 0. The molecule has 0 radical (unpaired) electrons. The number of unbranched alkanes of at least 4 members (excludes halogenated alkanes) is 1. The van der Waals surface area contributed by atoms with Crippen molar-refractivity contribution in [2.75, 3.05) is 20.3 Å². The molecule has 1 rings (SSSR count). The van der Waals surface area contributed by atoms with E-state index in [0.717, 1.165) is 6.08 Å². The molecule has 22 heavy (non-hydrogen) atoms. The lowest BCUT2D eigenvalue weighted by Gasteiger charge is -2.08. The molecule has 0 atom stereocenters.